The monoisotopic (exact) mass is 402 g/mol. The van der Waals surface area contributed by atoms with Crippen LogP contribution in [0.1, 0.15) is 37.4 Å². The summed E-state index contributed by atoms with van der Waals surface area (Å²) in [6.07, 6.45) is 1.55. The second-order valence-corrected chi connectivity index (χ2v) is 6.58. The Morgan fingerprint density at radius 1 is 0.967 bits per heavy atom. The molecule has 0 aliphatic carbocycles. The molecule has 0 saturated carbocycles. The van der Waals surface area contributed by atoms with Crippen molar-refractivity contribution in [3.05, 3.63) is 101 Å². The van der Waals surface area contributed by atoms with Crippen molar-refractivity contribution >= 4 is 18.1 Å². The van der Waals surface area contributed by atoms with Gasteiger partial charge in [0.2, 0.25) is 0 Å². The number of amides is 1. The molecule has 152 valence electrons. The van der Waals surface area contributed by atoms with Gasteiger partial charge in [0.1, 0.15) is 12.4 Å². The fourth-order valence-electron chi connectivity index (χ4n) is 2.75. The first-order chi connectivity index (χ1) is 14.6. The molecule has 0 radical (unpaired) electrons. The summed E-state index contributed by atoms with van der Waals surface area (Å²) in [5, 5.41) is 4.05. The lowest BCUT2D eigenvalue weighted by molar-refractivity contribution is 0.0600. The van der Waals surface area contributed by atoms with E-state index in [0.29, 0.717) is 23.5 Å². The van der Waals surface area contributed by atoms with Gasteiger partial charge in [0.15, 0.2) is 0 Å². The van der Waals surface area contributed by atoms with Crippen LogP contribution in [0.15, 0.2) is 77.9 Å². The van der Waals surface area contributed by atoms with Crippen LogP contribution in [0.5, 0.6) is 5.75 Å². The van der Waals surface area contributed by atoms with Gasteiger partial charge in [0.25, 0.3) is 5.91 Å². The Balaban J connectivity index is 1.62. The topological polar surface area (TPSA) is 77.0 Å². The maximum atomic E-state index is 12.2. The number of hydrogen-bond acceptors (Lipinski definition) is 5. The number of carbonyl (C=O) groups excluding carboxylic acids is 2. The van der Waals surface area contributed by atoms with Crippen molar-refractivity contribution in [3.8, 4) is 5.75 Å². The second-order valence-electron chi connectivity index (χ2n) is 6.58. The van der Waals surface area contributed by atoms with Crippen LogP contribution in [0, 0.1) is 6.92 Å². The summed E-state index contributed by atoms with van der Waals surface area (Å²) >= 11 is 0. The Morgan fingerprint density at radius 3 is 2.47 bits per heavy atom. The highest BCUT2D eigenvalue weighted by atomic mass is 16.5. The van der Waals surface area contributed by atoms with Gasteiger partial charge in [0.05, 0.1) is 18.9 Å². The van der Waals surface area contributed by atoms with Crippen LogP contribution in [0.4, 0.5) is 0 Å². The number of nitrogens with zero attached hydrogens (tertiary/aromatic N) is 1. The van der Waals surface area contributed by atoms with Crippen LogP contribution in [0.25, 0.3) is 0 Å². The number of ether oxygens (including phenoxy) is 2. The van der Waals surface area contributed by atoms with E-state index in [-0.39, 0.29) is 11.9 Å². The van der Waals surface area contributed by atoms with E-state index in [1.807, 2.05) is 55.5 Å². The first kappa shape index (κ1) is 20.8. The number of nitrogens with one attached hydrogen (secondary N) is 1. The summed E-state index contributed by atoms with van der Waals surface area (Å²) in [7, 11) is 1.35. The van der Waals surface area contributed by atoms with E-state index >= 15 is 0 Å². The number of esters is 1. The van der Waals surface area contributed by atoms with Gasteiger partial charge in [-0.25, -0.2) is 10.2 Å². The molecule has 3 aromatic carbocycles. The van der Waals surface area contributed by atoms with Crippen LogP contribution in [0.3, 0.4) is 0 Å². The zero-order valence-corrected chi connectivity index (χ0v) is 16.8. The third kappa shape index (κ3) is 5.54. The molecule has 0 aromatic heterocycles. The van der Waals surface area contributed by atoms with Gasteiger partial charge in [-0.05, 0) is 48.9 Å². The van der Waals surface area contributed by atoms with E-state index in [1.165, 1.54) is 7.11 Å². The number of methoxy groups -OCH3 is 1. The molecule has 0 bridgehead atoms. The number of para-hydroxylation sites is 1. The normalized spacial score (nSPS) is 10.6. The Hall–Kier alpha value is -3.93. The fraction of sp³-hybridized carbons (Fsp3) is 0.125. The van der Waals surface area contributed by atoms with E-state index in [0.717, 1.165) is 16.7 Å². The van der Waals surface area contributed by atoms with Gasteiger partial charge in [-0.2, -0.15) is 5.10 Å². The summed E-state index contributed by atoms with van der Waals surface area (Å²) in [6.45, 7) is 2.25. The molecule has 0 saturated heterocycles. The zero-order valence-electron chi connectivity index (χ0n) is 16.8. The lowest BCUT2D eigenvalue weighted by Gasteiger charge is -2.09. The third-order valence-electron chi connectivity index (χ3n) is 4.34. The average Bonchev–Trinajstić information content (AvgIpc) is 2.78. The molecule has 0 unspecified atom stereocenters. The number of rotatable bonds is 7. The van der Waals surface area contributed by atoms with Crippen molar-refractivity contribution in [1.29, 1.82) is 0 Å². The minimum Gasteiger partial charge on any atom is -0.488 e. The molecule has 0 aliphatic rings. The summed E-state index contributed by atoms with van der Waals surface area (Å²) in [5.41, 5.74) is 6.20. The molecule has 0 spiro atoms. The highest BCUT2D eigenvalue weighted by Gasteiger charge is 2.07. The van der Waals surface area contributed by atoms with Crippen molar-refractivity contribution in [2.24, 2.45) is 5.10 Å². The maximum Gasteiger partial charge on any atom is 0.337 e. The highest BCUT2D eigenvalue weighted by molar-refractivity contribution is 5.95. The SMILES string of the molecule is COC(=O)c1ccc(COc2ccccc2C=NNC(=O)c2cccc(C)c2)cc1. The Bertz CT molecular complexity index is 1060. The largest absolute Gasteiger partial charge is 0.488 e. The van der Waals surface area contributed by atoms with Crippen molar-refractivity contribution in [3.63, 3.8) is 0 Å². The first-order valence-corrected chi connectivity index (χ1v) is 9.36. The Kier molecular flexibility index (Phi) is 6.95. The van der Waals surface area contributed by atoms with Crippen LogP contribution in [-0.4, -0.2) is 25.2 Å². The van der Waals surface area contributed by atoms with Crippen LogP contribution in [-0.2, 0) is 11.3 Å². The Morgan fingerprint density at radius 2 is 1.73 bits per heavy atom. The second kappa shape index (κ2) is 10.0. The molecule has 0 heterocycles. The Labute approximate surface area is 175 Å². The van der Waals surface area contributed by atoms with Gasteiger partial charge in [-0.1, -0.05) is 42.0 Å². The van der Waals surface area contributed by atoms with Crippen molar-refractivity contribution in [1.82, 2.24) is 5.43 Å². The van der Waals surface area contributed by atoms with Gasteiger partial charge in [0, 0.05) is 11.1 Å². The third-order valence-corrected chi connectivity index (χ3v) is 4.34. The van der Waals surface area contributed by atoms with Gasteiger partial charge in [-0.15, -0.1) is 0 Å². The standard InChI is InChI=1S/C24H22N2O4/c1-17-6-5-8-20(14-17)23(27)26-25-15-21-7-3-4-9-22(21)30-16-18-10-12-19(13-11-18)24(28)29-2/h3-15H,16H2,1-2H3,(H,26,27). The first-order valence-electron chi connectivity index (χ1n) is 9.36. The fourth-order valence-corrected chi connectivity index (χ4v) is 2.75. The van der Waals surface area contributed by atoms with Gasteiger partial charge in [-0.3, -0.25) is 4.79 Å². The van der Waals surface area contributed by atoms with Gasteiger partial charge >= 0.3 is 5.97 Å². The average molecular weight is 402 g/mol. The van der Waals surface area contributed by atoms with Crippen molar-refractivity contribution < 1.29 is 19.1 Å². The number of carbonyl (C=O) groups is 2. The molecule has 6 nitrogen and oxygen atoms in total. The molecule has 0 atom stereocenters. The lowest BCUT2D eigenvalue weighted by atomic mass is 10.1. The summed E-state index contributed by atoms with van der Waals surface area (Å²) in [6, 6.07) is 21.7. The summed E-state index contributed by atoms with van der Waals surface area (Å²) in [5.74, 6) is -0.0288. The van der Waals surface area contributed by atoms with Crippen LogP contribution >= 0.6 is 0 Å². The van der Waals surface area contributed by atoms with Crippen molar-refractivity contribution in [2.45, 2.75) is 13.5 Å². The van der Waals surface area contributed by atoms with E-state index in [1.54, 1.807) is 30.5 Å². The lowest BCUT2D eigenvalue weighted by Crippen LogP contribution is -2.17. The van der Waals surface area contributed by atoms with Crippen LogP contribution in [0.2, 0.25) is 0 Å². The molecule has 1 amide bonds. The predicted octanol–water partition coefficient (Wildman–Crippen LogP) is 4.12. The van der Waals surface area contributed by atoms with E-state index < -0.39 is 0 Å². The van der Waals surface area contributed by atoms with Gasteiger partial charge < -0.3 is 9.47 Å². The number of benzene rings is 3. The number of hydrogen-bond donors (Lipinski definition) is 1. The molecule has 6 heteroatoms. The molecule has 0 fully saturated rings. The summed E-state index contributed by atoms with van der Waals surface area (Å²) in [4.78, 5) is 23.7. The van der Waals surface area contributed by atoms with E-state index in [4.69, 9.17) is 9.47 Å². The van der Waals surface area contributed by atoms with E-state index in [9.17, 15) is 9.59 Å². The predicted molar refractivity (Wildman–Crippen MR) is 115 cm³/mol. The quantitative estimate of drug-likeness (QED) is 0.366. The highest BCUT2D eigenvalue weighted by Crippen LogP contribution is 2.18. The van der Waals surface area contributed by atoms with Crippen molar-refractivity contribution in [2.75, 3.05) is 7.11 Å². The molecular formula is C24H22N2O4. The molecule has 3 aromatic rings. The van der Waals surface area contributed by atoms with Crippen LogP contribution < -0.4 is 10.2 Å². The number of aryl methyl sites for hydroxylation is 1. The molecular weight excluding hydrogens is 380 g/mol. The molecule has 0 aliphatic heterocycles. The van der Waals surface area contributed by atoms with E-state index in [2.05, 4.69) is 10.5 Å². The molecule has 1 N–H and O–H groups in total. The minimum absolute atomic E-state index is 0.279. The maximum absolute atomic E-state index is 12.2. The minimum atomic E-state index is -0.378. The number of hydrazone groups is 1. The zero-order chi connectivity index (χ0) is 21.3. The summed E-state index contributed by atoms with van der Waals surface area (Å²) < 4.78 is 10.6. The smallest absolute Gasteiger partial charge is 0.337 e. The molecule has 30 heavy (non-hydrogen) atoms. The molecule has 3 rings (SSSR count).